The summed E-state index contributed by atoms with van der Waals surface area (Å²) in [6.45, 7) is 2.06. The maximum absolute atomic E-state index is 12.7. The van der Waals surface area contributed by atoms with Gasteiger partial charge in [-0.15, -0.1) is 0 Å². The van der Waals surface area contributed by atoms with Crippen molar-refractivity contribution < 1.29 is 22.6 Å². The van der Waals surface area contributed by atoms with Crippen LogP contribution in [0.15, 0.2) is 59.5 Å². The summed E-state index contributed by atoms with van der Waals surface area (Å²) in [4.78, 5) is 12.0. The predicted octanol–water partition coefficient (Wildman–Crippen LogP) is 1.66. The summed E-state index contributed by atoms with van der Waals surface area (Å²) in [7, 11) is -2.94. The number of sulfonamides is 1. The molecule has 3 rings (SSSR count). The standard InChI is InChI=1S/C17H17BNO5S/c1-13-7-9-15(10-8-13)25(21,22)19-16(17(20)24-18-19)12-23-11-14-5-3-2-4-6-14/h2-10,16H,11-12H2,1H3/t16-/m0/s1. The van der Waals surface area contributed by atoms with Crippen LogP contribution in [0.3, 0.4) is 0 Å². The Morgan fingerprint density at radius 3 is 2.48 bits per heavy atom. The van der Waals surface area contributed by atoms with Crippen LogP contribution in [0.1, 0.15) is 11.1 Å². The maximum atomic E-state index is 12.7. The quantitative estimate of drug-likeness (QED) is 0.735. The molecule has 1 saturated heterocycles. The van der Waals surface area contributed by atoms with Crippen LogP contribution in [-0.2, 0) is 30.8 Å². The van der Waals surface area contributed by atoms with Crippen molar-refractivity contribution in [1.82, 2.24) is 4.22 Å². The largest absolute Gasteiger partial charge is 0.519 e. The zero-order valence-corrected chi connectivity index (χ0v) is 14.5. The lowest BCUT2D eigenvalue weighted by molar-refractivity contribution is -0.136. The highest BCUT2D eigenvalue weighted by Gasteiger charge is 2.44. The third-order valence-electron chi connectivity index (χ3n) is 3.84. The second-order valence-corrected chi connectivity index (χ2v) is 7.55. The molecule has 0 N–H and O–H groups in total. The third-order valence-corrected chi connectivity index (χ3v) is 5.60. The second-order valence-electron chi connectivity index (χ2n) is 5.71. The molecule has 0 amide bonds. The number of aryl methyl sites for hydroxylation is 1. The first-order valence-corrected chi connectivity index (χ1v) is 9.18. The summed E-state index contributed by atoms with van der Waals surface area (Å²) in [6, 6.07) is 14.8. The molecular weight excluding hydrogens is 341 g/mol. The van der Waals surface area contributed by atoms with E-state index in [0.717, 1.165) is 23.0 Å². The van der Waals surface area contributed by atoms with E-state index in [1.807, 2.05) is 37.3 Å². The predicted molar refractivity (Wildman–Crippen MR) is 91.9 cm³/mol. The summed E-state index contributed by atoms with van der Waals surface area (Å²) in [5, 5.41) is 0. The number of benzene rings is 2. The second kappa shape index (κ2) is 7.39. The molecular formula is C17H17BNO5S. The molecule has 2 aromatic rings. The highest BCUT2D eigenvalue weighted by molar-refractivity contribution is 7.90. The van der Waals surface area contributed by atoms with Crippen LogP contribution in [0.25, 0.3) is 0 Å². The summed E-state index contributed by atoms with van der Waals surface area (Å²) in [5.74, 6) is -0.649. The Morgan fingerprint density at radius 1 is 1.12 bits per heavy atom. The van der Waals surface area contributed by atoms with E-state index in [4.69, 9.17) is 9.39 Å². The van der Waals surface area contributed by atoms with E-state index in [1.54, 1.807) is 12.1 Å². The van der Waals surface area contributed by atoms with Crippen molar-refractivity contribution in [2.24, 2.45) is 0 Å². The van der Waals surface area contributed by atoms with Crippen LogP contribution in [0.4, 0.5) is 0 Å². The zero-order chi connectivity index (χ0) is 17.9. The number of rotatable bonds is 6. The summed E-state index contributed by atoms with van der Waals surface area (Å²) in [6.07, 6.45) is 0. The lowest BCUT2D eigenvalue weighted by Gasteiger charge is -2.20. The Labute approximate surface area is 147 Å². The molecule has 0 bridgehead atoms. The van der Waals surface area contributed by atoms with Crippen LogP contribution in [-0.4, -0.2) is 38.9 Å². The molecule has 1 aliphatic heterocycles. The van der Waals surface area contributed by atoms with Gasteiger partial charge in [-0.2, -0.15) is 4.22 Å². The van der Waals surface area contributed by atoms with E-state index < -0.39 is 22.0 Å². The van der Waals surface area contributed by atoms with E-state index in [-0.39, 0.29) is 18.1 Å². The SMILES string of the molecule is Cc1ccc(S(=O)(=O)N2[B]OC(=O)[C@@H]2COCc2ccccc2)cc1. The highest BCUT2D eigenvalue weighted by atomic mass is 32.2. The first-order valence-electron chi connectivity index (χ1n) is 7.74. The summed E-state index contributed by atoms with van der Waals surface area (Å²) >= 11 is 0. The number of nitrogens with zero attached hydrogens (tertiary/aromatic N) is 1. The Balaban J connectivity index is 1.71. The molecule has 2 aromatic carbocycles. The summed E-state index contributed by atoms with van der Waals surface area (Å²) in [5.41, 5.74) is 1.88. The van der Waals surface area contributed by atoms with Crippen molar-refractivity contribution >= 4 is 23.6 Å². The van der Waals surface area contributed by atoms with Crippen LogP contribution >= 0.6 is 0 Å². The molecule has 0 saturated carbocycles. The molecule has 1 aliphatic rings. The van der Waals surface area contributed by atoms with Gasteiger partial charge >= 0.3 is 13.6 Å². The fourth-order valence-electron chi connectivity index (χ4n) is 2.42. The first-order chi connectivity index (χ1) is 12.0. The van der Waals surface area contributed by atoms with Gasteiger partial charge in [-0.05, 0) is 24.6 Å². The molecule has 8 heteroatoms. The van der Waals surface area contributed by atoms with Crippen LogP contribution in [0.5, 0.6) is 0 Å². The third kappa shape index (κ3) is 3.92. The minimum atomic E-state index is -3.88. The van der Waals surface area contributed by atoms with Gasteiger partial charge in [-0.3, -0.25) is 4.79 Å². The van der Waals surface area contributed by atoms with Gasteiger partial charge in [0, 0.05) is 0 Å². The van der Waals surface area contributed by atoms with E-state index in [1.165, 1.54) is 12.1 Å². The number of ether oxygens (including phenoxy) is 1. The average molecular weight is 358 g/mol. The lowest BCUT2D eigenvalue weighted by atomic mass is 10.2. The van der Waals surface area contributed by atoms with Gasteiger partial charge in [0.05, 0.1) is 18.1 Å². The van der Waals surface area contributed by atoms with Crippen molar-refractivity contribution in [3.63, 3.8) is 0 Å². The van der Waals surface area contributed by atoms with E-state index in [9.17, 15) is 13.2 Å². The molecule has 6 nitrogen and oxygen atoms in total. The van der Waals surface area contributed by atoms with Gasteiger partial charge in [0.2, 0.25) is 10.0 Å². The van der Waals surface area contributed by atoms with Crippen LogP contribution in [0.2, 0.25) is 0 Å². The monoisotopic (exact) mass is 358 g/mol. The Hall–Kier alpha value is -2.16. The Bertz CT molecular complexity index is 839. The fourth-order valence-corrected chi connectivity index (χ4v) is 3.78. The minimum absolute atomic E-state index is 0.0880. The van der Waals surface area contributed by atoms with Gasteiger partial charge < -0.3 is 9.39 Å². The molecule has 0 spiro atoms. The van der Waals surface area contributed by atoms with Crippen molar-refractivity contribution in [2.45, 2.75) is 24.5 Å². The minimum Gasteiger partial charge on any atom is -0.519 e. The molecule has 0 aromatic heterocycles. The lowest BCUT2D eigenvalue weighted by Crippen LogP contribution is -2.42. The molecule has 0 unspecified atom stereocenters. The van der Waals surface area contributed by atoms with Gasteiger partial charge in [0.25, 0.3) is 0 Å². The molecule has 1 fully saturated rings. The molecule has 1 atom stereocenters. The Kier molecular flexibility index (Phi) is 5.22. The average Bonchev–Trinajstić information content (AvgIpc) is 2.98. The van der Waals surface area contributed by atoms with E-state index in [2.05, 4.69) is 0 Å². The fraction of sp³-hybridized carbons (Fsp3) is 0.235. The van der Waals surface area contributed by atoms with Crippen molar-refractivity contribution in [3.8, 4) is 0 Å². The van der Waals surface area contributed by atoms with Gasteiger partial charge in [0.1, 0.15) is 6.04 Å². The van der Waals surface area contributed by atoms with E-state index >= 15 is 0 Å². The molecule has 1 radical (unpaired) electrons. The Morgan fingerprint density at radius 2 is 1.80 bits per heavy atom. The van der Waals surface area contributed by atoms with Gasteiger partial charge in [-0.1, -0.05) is 48.0 Å². The van der Waals surface area contributed by atoms with Crippen molar-refractivity contribution in [3.05, 3.63) is 65.7 Å². The summed E-state index contributed by atoms with van der Waals surface area (Å²) < 4.78 is 36.7. The highest BCUT2D eigenvalue weighted by Crippen LogP contribution is 2.22. The normalized spacial score (nSPS) is 18.0. The molecule has 0 aliphatic carbocycles. The number of hydrogen-bond acceptors (Lipinski definition) is 5. The molecule has 25 heavy (non-hydrogen) atoms. The smallest absolute Gasteiger partial charge is 0.498 e. The van der Waals surface area contributed by atoms with Crippen molar-refractivity contribution in [1.29, 1.82) is 0 Å². The topological polar surface area (TPSA) is 72.9 Å². The number of hydrogen-bond donors (Lipinski definition) is 0. The molecule has 1 heterocycles. The van der Waals surface area contributed by atoms with Gasteiger partial charge in [0.15, 0.2) is 0 Å². The zero-order valence-electron chi connectivity index (χ0n) is 13.7. The van der Waals surface area contributed by atoms with Crippen LogP contribution in [0, 0.1) is 6.92 Å². The van der Waals surface area contributed by atoms with Crippen molar-refractivity contribution in [2.75, 3.05) is 6.61 Å². The van der Waals surface area contributed by atoms with Gasteiger partial charge in [-0.25, -0.2) is 8.42 Å². The first kappa shape index (κ1) is 17.7. The number of carbonyl (C=O) groups excluding carboxylic acids is 1. The maximum Gasteiger partial charge on any atom is 0.498 e. The van der Waals surface area contributed by atoms with E-state index in [0.29, 0.717) is 0 Å². The van der Waals surface area contributed by atoms with Crippen LogP contribution < -0.4 is 0 Å². The number of carbonyl (C=O) groups is 1. The molecule has 129 valence electrons.